The molecule has 0 N–H and O–H groups in total. The number of halogens is 4. The molecule has 1 aromatic rings. The summed E-state index contributed by atoms with van der Waals surface area (Å²) in [4.78, 5) is 5.13. The molecule has 0 fully saturated rings. The van der Waals surface area contributed by atoms with Crippen molar-refractivity contribution in [2.75, 3.05) is 19.8 Å². The summed E-state index contributed by atoms with van der Waals surface area (Å²) >= 11 is 23.6. The second-order valence-electron chi connectivity index (χ2n) is 5.38. The minimum Gasteiger partial charge on any atom is -0.492 e. The summed E-state index contributed by atoms with van der Waals surface area (Å²) in [7, 11) is 0. The van der Waals surface area contributed by atoms with Crippen molar-refractivity contribution in [2.45, 2.75) is 33.6 Å². The Morgan fingerprint density at radius 3 is 2.40 bits per heavy atom. The molecular weight excluding hydrogens is 408 g/mol. The molecule has 140 valence electrons. The van der Waals surface area contributed by atoms with E-state index < -0.39 is 0 Å². The first-order valence-electron chi connectivity index (χ1n) is 7.71. The van der Waals surface area contributed by atoms with Crippen LogP contribution < -0.4 is 9.47 Å². The van der Waals surface area contributed by atoms with E-state index >= 15 is 0 Å². The maximum atomic E-state index is 6.30. The second-order valence-corrected chi connectivity index (χ2v) is 7.14. The van der Waals surface area contributed by atoms with Crippen molar-refractivity contribution in [3.63, 3.8) is 0 Å². The Morgan fingerprint density at radius 2 is 1.76 bits per heavy atom. The lowest BCUT2D eigenvalue weighted by molar-refractivity contribution is 0.135. The van der Waals surface area contributed by atoms with Gasteiger partial charge in [0.1, 0.15) is 39.2 Å². The van der Waals surface area contributed by atoms with Crippen LogP contribution in [0.15, 0.2) is 21.8 Å². The van der Waals surface area contributed by atoms with Crippen LogP contribution in [0.25, 0.3) is 0 Å². The summed E-state index contributed by atoms with van der Waals surface area (Å²) in [5.74, 6) is 0.997. The summed E-state index contributed by atoms with van der Waals surface area (Å²) in [6.07, 6.45) is 3.15. The predicted octanol–water partition coefficient (Wildman–Crippen LogP) is 6.57. The zero-order valence-electron chi connectivity index (χ0n) is 14.4. The summed E-state index contributed by atoms with van der Waals surface area (Å²) < 4.78 is 11.4. The predicted molar refractivity (Wildman–Crippen MR) is 106 cm³/mol. The first kappa shape index (κ1) is 22.2. The molecule has 0 aromatic heterocycles. The van der Waals surface area contributed by atoms with E-state index in [1.165, 1.54) is 6.08 Å². The van der Waals surface area contributed by atoms with Gasteiger partial charge >= 0.3 is 0 Å². The third kappa shape index (κ3) is 8.41. The number of unbranched alkanes of at least 4 members (excludes halogenated alkanes) is 1. The topological polar surface area (TPSA) is 40.0 Å². The molecule has 0 aliphatic rings. The Morgan fingerprint density at radius 1 is 1.08 bits per heavy atom. The van der Waals surface area contributed by atoms with Crippen LogP contribution in [0.5, 0.6) is 11.5 Å². The third-order valence-corrected chi connectivity index (χ3v) is 4.06. The average molecular weight is 429 g/mol. The van der Waals surface area contributed by atoms with Gasteiger partial charge in [0.25, 0.3) is 0 Å². The first-order chi connectivity index (χ1) is 11.8. The number of rotatable bonds is 10. The maximum Gasteiger partial charge on any atom is 0.142 e. The number of ether oxygens (including phenoxy) is 2. The van der Waals surface area contributed by atoms with Crippen molar-refractivity contribution in [1.82, 2.24) is 0 Å². The molecule has 0 amide bonds. The van der Waals surface area contributed by atoms with E-state index in [9.17, 15) is 0 Å². The van der Waals surface area contributed by atoms with Gasteiger partial charge < -0.3 is 14.3 Å². The highest BCUT2D eigenvalue weighted by molar-refractivity contribution is 6.55. The van der Waals surface area contributed by atoms with E-state index in [0.29, 0.717) is 29.7 Å². The van der Waals surface area contributed by atoms with Crippen LogP contribution in [-0.2, 0) is 4.84 Å². The Bertz CT molecular complexity index is 625. The summed E-state index contributed by atoms with van der Waals surface area (Å²) in [6, 6.07) is 1.77. The van der Waals surface area contributed by atoms with Crippen LogP contribution >= 0.6 is 46.4 Å². The molecule has 0 bridgehead atoms. The average Bonchev–Trinajstić information content (AvgIpc) is 2.53. The molecule has 0 aliphatic heterocycles. The molecule has 1 aromatic carbocycles. The fourth-order valence-electron chi connectivity index (χ4n) is 1.80. The lowest BCUT2D eigenvalue weighted by Crippen LogP contribution is -2.03. The van der Waals surface area contributed by atoms with E-state index in [-0.39, 0.29) is 16.1 Å². The fourth-order valence-corrected chi connectivity index (χ4v) is 2.42. The lowest BCUT2D eigenvalue weighted by Gasteiger charge is -2.15. The molecule has 0 saturated heterocycles. The molecule has 25 heavy (non-hydrogen) atoms. The molecule has 1 rings (SSSR count). The van der Waals surface area contributed by atoms with E-state index in [2.05, 4.69) is 5.16 Å². The second kappa shape index (κ2) is 11.7. The normalized spacial score (nSPS) is 10.2. The van der Waals surface area contributed by atoms with Gasteiger partial charge in [-0.1, -0.05) is 51.6 Å². The largest absolute Gasteiger partial charge is 0.492 e. The minimum absolute atomic E-state index is 0.127. The smallest absolute Gasteiger partial charge is 0.142 e. The van der Waals surface area contributed by atoms with Gasteiger partial charge in [0.2, 0.25) is 0 Å². The third-order valence-electron chi connectivity index (χ3n) is 2.91. The number of aryl methyl sites for hydroxylation is 1. The van der Waals surface area contributed by atoms with E-state index in [1.54, 1.807) is 6.07 Å². The lowest BCUT2D eigenvalue weighted by atomic mass is 10.2. The van der Waals surface area contributed by atoms with Crippen molar-refractivity contribution >= 4 is 52.1 Å². The fraction of sp³-hybridized carbons (Fsp3) is 0.471. The Hall–Kier alpha value is -0.810. The summed E-state index contributed by atoms with van der Waals surface area (Å²) in [5.41, 5.74) is 1.72. The van der Waals surface area contributed by atoms with E-state index in [1.807, 2.05) is 20.8 Å². The molecule has 0 radical (unpaired) electrons. The first-order valence-corrected chi connectivity index (χ1v) is 9.22. The molecule has 0 aliphatic carbocycles. The molecular formula is C17H21Cl4NO3. The SMILES string of the molecule is CC(C)=NOCCCCOc1c(C)cc(OCC=C(Cl)Cl)c(Cl)c1Cl. The van der Waals surface area contributed by atoms with Crippen LogP contribution in [0, 0.1) is 6.92 Å². The summed E-state index contributed by atoms with van der Waals surface area (Å²) in [6.45, 7) is 6.87. The highest BCUT2D eigenvalue weighted by atomic mass is 35.5. The highest BCUT2D eigenvalue weighted by Crippen LogP contribution is 2.41. The van der Waals surface area contributed by atoms with Crippen LogP contribution in [0.2, 0.25) is 10.0 Å². The van der Waals surface area contributed by atoms with Crippen LogP contribution in [0.3, 0.4) is 0 Å². The Kier molecular flexibility index (Phi) is 10.4. The van der Waals surface area contributed by atoms with Crippen molar-refractivity contribution in [3.05, 3.63) is 32.2 Å². The van der Waals surface area contributed by atoms with Crippen molar-refractivity contribution in [3.8, 4) is 11.5 Å². The zero-order chi connectivity index (χ0) is 18.8. The van der Waals surface area contributed by atoms with Crippen LogP contribution in [-0.4, -0.2) is 25.5 Å². The minimum atomic E-state index is 0.127. The molecule has 0 atom stereocenters. The van der Waals surface area contributed by atoms with Gasteiger partial charge in [-0.25, -0.2) is 0 Å². The van der Waals surface area contributed by atoms with Gasteiger partial charge in [0.05, 0.1) is 12.3 Å². The van der Waals surface area contributed by atoms with Gasteiger partial charge in [0, 0.05) is 0 Å². The van der Waals surface area contributed by atoms with Crippen molar-refractivity contribution in [2.24, 2.45) is 5.16 Å². The van der Waals surface area contributed by atoms with Crippen LogP contribution in [0.4, 0.5) is 0 Å². The van der Waals surface area contributed by atoms with Crippen LogP contribution in [0.1, 0.15) is 32.3 Å². The molecule has 8 heteroatoms. The maximum absolute atomic E-state index is 6.30. The van der Waals surface area contributed by atoms with Gasteiger partial charge in [-0.05, 0) is 51.3 Å². The van der Waals surface area contributed by atoms with E-state index in [0.717, 1.165) is 24.1 Å². The van der Waals surface area contributed by atoms with Gasteiger partial charge in [-0.15, -0.1) is 0 Å². The molecule has 0 unspecified atom stereocenters. The monoisotopic (exact) mass is 427 g/mol. The van der Waals surface area contributed by atoms with Crippen molar-refractivity contribution < 1.29 is 14.3 Å². The van der Waals surface area contributed by atoms with Gasteiger partial charge in [-0.3, -0.25) is 0 Å². The molecule has 0 saturated carbocycles. The number of hydrogen-bond acceptors (Lipinski definition) is 4. The van der Waals surface area contributed by atoms with E-state index in [4.69, 9.17) is 60.7 Å². The van der Waals surface area contributed by atoms with Crippen molar-refractivity contribution in [1.29, 1.82) is 0 Å². The van der Waals surface area contributed by atoms with Gasteiger partial charge in [0.15, 0.2) is 0 Å². The molecule has 0 heterocycles. The quantitative estimate of drug-likeness (QED) is 0.240. The summed E-state index contributed by atoms with van der Waals surface area (Å²) in [5, 5.41) is 4.48. The number of oxime groups is 1. The molecule has 4 nitrogen and oxygen atoms in total. The standard InChI is InChI=1S/C17H21Cl4NO3/c1-11(2)22-25-8-5-4-7-24-17-12(3)10-13(15(20)16(17)21)23-9-6-14(18)19/h6,10H,4-5,7-9H2,1-3H3. The number of nitrogens with zero attached hydrogens (tertiary/aromatic N) is 1. The number of hydrogen-bond donors (Lipinski definition) is 0. The Labute approximate surface area is 168 Å². The van der Waals surface area contributed by atoms with Gasteiger partial charge in [-0.2, -0.15) is 0 Å². The molecule has 0 spiro atoms. The number of benzene rings is 1. The highest BCUT2D eigenvalue weighted by Gasteiger charge is 2.15. The zero-order valence-corrected chi connectivity index (χ0v) is 17.4. The Balaban J connectivity index is 2.56.